The van der Waals surface area contributed by atoms with Crippen LogP contribution in [0.15, 0.2) is 34.3 Å². The van der Waals surface area contributed by atoms with E-state index in [2.05, 4.69) is 5.11 Å². The standard InChI is InChI=1S/C13H18N2O3S/c1-10-4-6-11(7-5-10)19(17,18)8-12(16)13(2,3)9-15-14/h4-7,14H,8-9H2,1-3H3. The van der Waals surface area contributed by atoms with Crippen molar-refractivity contribution in [3.8, 4) is 0 Å². The molecule has 104 valence electrons. The monoisotopic (exact) mass is 282 g/mol. The molecule has 0 saturated carbocycles. The first kappa shape index (κ1) is 15.5. The van der Waals surface area contributed by atoms with E-state index in [0.29, 0.717) is 0 Å². The van der Waals surface area contributed by atoms with E-state index in [1.165, 1.54) is 12.1 Å². The number of carbonyl (C=O) groups excluding carboxylic acids is 1. The highest BCUT2D eigenvalue weighted by Crippen LogP contribution is 2.21. The van der Waals surface area contributed by atoms with Crippen LogP contribution in [0.25, 0.3) is 0 Å². The quantitative estimate of drug-likeness (QED) is 0.813. The summed E-state index contributed by atoms with van der Waals surface area (Å²) in [5.41, 5.74) is 6.82. The zero-order valence-corrected chi connectivity index (χ0v) is 12.1. The molecule has 1 aromatic rings. The van der Waals surface area contributed by atoms with Crippen LogP contribution in [-0.4, -0.2) is 26.5 Å². The van der Waals surface area contributed by atoms with Gasteiger partial charge in [0.05, 0.1) is 11.4 Å². The number of hydrogen-bond acceptors (Lipinski definition) is 5. The first-order valence-corrected chi connectivity index (χ1v) is 7.50. The fourth-order valence-electron chi connectivity index (χ4n) is 1.48. The summed E-state index contributed by atoms with van der Waals surface area (Å²) < 4.78 is 24.2. The molecule has 6 heteroatoms. The second kappa shape index (κ2) is 5.61. The Morgan fingerprint density at radius 3 is 2.26 bits per heavy atom. The molecule has 0 aromatic heterocycles. The Balaban J connectivity index is 2.95. The summed E-state index contributed by atoms with van der Waals surface area (Å²) in [6.45, 7) is 5.05. The molecule has 1 rings (SSSR count). The predicted octanol–water partition coefficient (Wildman–Crippen LogP) is 2.39. The maximum absolute atomic E-state index is 12.1. The van der Waals surface area contributed by atoms with Crippen molar-refractivity contribution in [2.45, 2.75) is 25.7 Å². The van der Waals surface area contributed by atoms with Crippen molar-refractivity contribution >= 4 is 15.6 Å². The van der Waals surface area contributed by atoms with Gasteiger partial charge in [0.15, 0.2) is 15.6 Å². The highest BCUT2D eigenvalue weighted by atomic mass is 32.2. The number of aryl methyl sites for hydroxylation is 1. The summed E-state index contributed by atoms with van der Waals surface area (Å²) in [4.78, 5) is 12.1. The van der Waals surface area contributed by atoms with E-state index in [1.807, 2.05) is 6.92 Å². The van der Waals surface area contributed by atoms with Crippen LogP contribution in [0, 0.1) is 17.9 Å². The Kier molecular flexibility index (Phi) is 4.57. The third-order valence-corrected chi connectivity index (χ3v) is 4.56. The molecule has 1 aromatic carbocycles. The normalized spacial score (nSPS) is 12.2. The fourth-order valence-corrected chi connectivity index (χ4v) is 2.94. The van der Waals surface area contributed by atoms with Gasteiger partial charge in [0.1, 0.15) is 5.75 Å². The number of benzene rings is 1. The van der Waals surface area contributed by atoms with Crippen molar-refractivity contribution in [3.05, 3.63) is 29.8 Å². The SMILES string of the molecule is Cc1ccc(S(=O)(=O)CC(=O)C(C)(C)CN=N)cc1. The Morgan fingerprint density at radius 2 is 1.79 bits per heavy atom. The van der Waals surface area contributed by atoms with Gasteiger partial charge in [-0.1, -0.05) is 31.5 Å². The van der Waals surface area contributed by atoms with Gasteiger partial charge in [0.2, 0.25) is 0 Å². The zero-order valence-electron chi connectivity index (χ0n) is 11.3. The van der Waals surface area contributed by atoms with Crippen LogP contribution >= 0.6 is 0 Å². The molecular formula is C13H18N2O3S. The van der Waals surface area contributed by atoms with Gasteiger partial charge >= 0.3 is 0 Å². The summed E-state index contributed by atoms with van der Waals surface area (Å²) in [5, 5.41) is 3.18. The number of Topliss-reactive ketones (excluding diaryl/α,β-unsaturated/α-hetero) is 1. The summed E-state index contributed by atoms with van der Waals surface area (Å²) >= 11 is 0. The molecule has 5 nitrogen and oxygen atoms in total. The van der Waals surface area contributed by atoms with Gasteiger partial charge in [-0.25, -0.2) is 13.9 Å². The average molecular weight is 282 g/mol. The predicted molar refractivity (Wildman–Crippen MR) is 72.0 cm³/mol. The number of carbonyl (C=O) groups is 1. The highest BCUT2D eigenvalue weighted by Gasteiger charge is 2.31. The summed E-state index contributed by atoms with van der Waals surface area (Å²) in [6.07, 6.45) is 0. The lowest BCUT2D eigenvalue weighted by Crippen LogP contribution is -2.33. The van der Waals surface area contributed by atoms with Crippen molar-refractivity contribution in [1.82, 2.24) is 0 Å². The number of rotatable bonds is 6. The highest BCUT2D eigenvalue weighted by molar-refractivity contribution is 7.92. The van der Waals surface area contributed by atoms with Crippen LogP contribution in [0.4, 0.5) is 0 Å². The number of nitrogens with one attached hydrogen (secondary N) is 1. The van der Waals surface area contributed by atoms with Gasteiger partial charge in [-0.05, 0) is 19.1 Å². The second-order valence-corrected chi connectivity index (χ2v) is 7.19. The van der Waals surface area contributed by atoms with E-state index < -0.39 is 26.8 Å². The van der Waals surface area contributed by atoms with Gasteiger partial charge in [0, 0.05) is 5.41 Å². The van der Waals surface area contributed by atoms with E-state index in [4.69, 9.17) is 5.53 Å². The van der Waals surface area contributed by atoms with Crippen LogP contribution < -0.4 is 0 Å². The van der Waals surface area contributed by atoms with Gasteiger partial charge in [-0.2, -0.15) is 5.11 Å². The van der Waals surface area contributed by atoms with Gasteiger partial charge < -0.3 is 0 Å². The second-order valence-electron chi connectivity index (χ2n) is 5.20. The van der Waals surface area contributed by atoms with Gasteiger partial charge in [-0.3, -0.25) is 4.79 Å². The van der Waals surface area contributed by atoms with Crippen molar-refractivity contribution in [2.75, 3.05) is 12.3 Å². The lowest BCUT2D eigenvalue weighted by molar-refractivity contribution is -0.124. The number of hydrogen-bond donors (Lipinski definition) is 1. The van der Waals surface area contributed by atoms with E-state index in [0.717, 1.165) is 5.56 Å². The molecule has 0 atom stereocenters. The average Bonchev–Trinajstić information content (AvgIpc) is 2.28. The molecule has 0 fully saturated rings. The van der Waals surface area contributed by atoms with E-state index in [1.54, 1.807) is 26.0 Å². The minimum Gasteiger partial charge on any atom is -0.298 e. The fraction of sp³-hybridized carbons (Fsp3) is 0.462. The van der Waals surface area contributed by atoms with Crippen LogP contribution in [0.1, 0.15) is 19.4 Å². The van der Waals surface area contributed by atoms with Crippen molar-refractivity contribution < 1.29 is 13.2 Å². The number of ketones is 1. The summed E-state index contributed by atoms with van der Waals surface area (Å²) in [5.74, 6) is -0.984. The first-order valence-electron chi connectivity index (χ1n) is 5.85. The molecule has 0 aliphatic heterocycles. The summed E-state index contributed by atoms with van der Waals surface area (Å²) in [6, 6.07) is 6.39. The molecule has 0 aliphatic rings. The third-order valence-electron chi connectivity index (χ3n) is 2.93. The Morgan fingerprint density at radius 1 is 1.26 bits per heavy atom. The van der Waals surface area contributed by atoms with Crippen LogP contribution in [-0.2, 0) is 14.6 Å². The molecule has 19 heavy (non-hydrogen) atoms. The van der Waals surface area contributed by atoms with Crippen LogP contribution in [0.2, 0.25) is 0 Å². The van der Waals surface area contributed by atoms with Crippen molar-refractivity contribution in [3.63, 3.8) is 0 Å². The van der Waals surface area contributed by atoms with E-state index >= 15 is 0 Å². The van der Waals surface area contributed by atoms with Gasteiger partial charge in [0.25, 0.3) is 0 Å². The molecule has 1 N–H and O–H groups in total. The molecule has 0 heterocycles. The van der Waals surface area contributed by atoms with Crippen molar-refractivity contribution in [2.24, 2.45) is 10.5 Å². The molecule has 0 unspecified atom stereocenters. The minimum atomic E-state index is -3.63. The Bertz CT molecular complexity index is 574. The maximum atomic E-state index is 12.1. The van der Waals surface area contributed by atoms with E-state index in [-0.39, 0.29) is 11.4 Å². The molecular weight excluding hydrogens is 264 g/mol. The molecule has 0 saturated heterocycles. The Labute approximate surface area is 113 Å². The van der Waals surface area contributed by atoms with Crippen molar-refractivity contribution in [1.29, 1.82) is 5.53 Å². The smallest absolute Gasteiger partial charge is 0.185 e. The molecule has 0 spiro atoms. The topological polar surface area (TPSA) is 87.4 Å². The zero-order chi connectivity index (χ0) is 14.7. The molecule has 0 radical (unpaired) electrons. The minimum absolute atomic E-state index is 0.00471. The maximum Gasteiger partial charge on any atom is 0.185 e. The molecule has 0 aliphatic carbocycles. The van der Waals surface area contributed by atoms with Crippen LogP contribution in [0.5, 0.6) is 0 Å². The number of sulfone groups is 1. The van der Waals surface area contributed by atoms with Gasteiger partial charge in [-0.15, -0.1) is 0 Å². The van der Waals surface area contributed by atoms with Crippen LogP contribution in [0.3, 0.4) is 0 Å². The largest absolute Gasteiger partial charge is 0.298 e. The third kappa shape index (κ3) is 3.96. The van der Waals surface area contributed by atoms with E-state index in [9.17, 15) is 13.2 Å². The lowest BCUT2D eigenvalue weighted by Gasteiger charge is -2.19. The number of nitrogens with zero attached hydrogens (tertiary/aromatic N) is 1. The first-order chi connectivity index (χ1) is 8.69. The molecule has 0 amide bonds. The summed E-state index contributed by atoms with van der Waals surface area (Å²) in [7, 11) is -3.63. The molecule has 0 bridgehead atoms. The lowest BCUT2D eigenvalue weighted by atomic mass is 9.89. The Hall–Kier alpha value is -1.56.